The fourth-order valence-corrected chi connectivity index (χ4v) is 5.31. The van der Waals surface area contributed by atoms with Crippen LogP contribution in [0.15, 0.2) is 96.0 Å². The number of fused-ring (bicyclic) bond motifs is 1. The Bertz CT molecular complexity index is 1300. The van der Waals surface area contributed by atoms with Crippen molar-refractivity contribution in [2.45, 2.75) is 30.2 Å². The van der Waals surface area contributed by atoms with Gasteiger partial charge in [-0.25, -0.2) is 8.42 Å². The molecule has 0 saturated carbocycles. The van der Waals surface area contributed by atoms with Gasteiger partial charge in [-0.05, 0) is 24.1 Å². The van der Waals surface area contributed by atoms with Crippen molar-refractivity contribution >= 4 is 26.6 Å². The molecule has 4 rings (SSSR count). The highest BCUT2D eigenvalue weighted by molar-refractivity contribution is 7.90. The molecule has 1 unspecified atom stereocenters. The number of nitrogens with zero attached hydrogens (tertiary/aromatic N) is 1. The molecule has 3 aromatic carbocycles. The van der Waals surface area contributed by atoms with Gasteiger partial charge in [0.15, 0.2) is 9.84 Å². The van der Waals surface area contributed by atoms with E-state index in [-0.39, 0.29) is 29.1 Å². The van der Waals surface area contributed by atoms with Gasteiger partial charge in [0.2, 0.25) is 5.91 Å². The molecule has 5 nitrogen and oxygen atoms in total. The summed E-state index contributed by atoms with van der Waals surface area (Å²) in [6, 6.07) is 26.0. The third-order valence-corrected chi connectivity index (χ3v) is 6.99. The molecule has 0 fully saturated rings. The molecule has 31 heavy (non-hydrogen) atoms. The monoisotopic (exact) mass is 432 g/mol. The second-order valence-electron chi connectivity index (χ2n) is 7.58. The van der Waals surface area contributed by atoms with Crippen LogP contribution in [0.4, 0.5) is 0 Å². The number of aromatic nitrogens is 1. The maximum Gasteiger partial charge on any atom is 0.240 e. The van der Waals surface area contributed by atoms with Crippen LogP contribution in [0.5, 0.6) is 0 Å². The topological polar surface area (TPSA) is 68.2 Å². The van der Waals surface area contributed by atoms with E-state index in [4.69, 9.17) is 0 Å². The molecule has 0 aliphatic rings. The lowest BCUT2D eigenvalue weighted by molar-refractivity contribution is -0.122. The van der Waals surface area contributed by atoms with E-state index in [2.05, 4.69) is 5.32 Å². The van der Waals surface area contributed by atoms with Gasteiger partial charge >= 0.3 is 0 Å². The second kappa shape index (κ2) is 8.78. The Hall–Kier alpha value is -3.38. The van der Waals surface area contributed by atoms with E-state index in [0.29, 0.717) is 5.39 Å². The molecule has 0 spiro atoms. The maximum atomic E-state index is 13.2. The number of hydrogen-bond donors (Lipinski definition) is 1. The Balaban J connectivity index is 1.60. The van der Waals surface area contributed by atoms with Crippen molar-refractivity contribution in [2.24, 2.45) is 0 Å². The first-order chi connectivity index (χ1) is 14.9. The Morgan fingerprint density at radius 3 is 2.23 bits per heavy atom. The standard InChI is InChI=1S/C25H24N2O3S/c1-19(21-12-6-3-7-13-21)26-25(28)17-27-16-24(22-14-8-9-15-23(22)27)31(29,30)18-20-10-4-2-5-11-20/h2-16,19H,17-18H2,1H3,(H,26,28). The summed E-state index contributed by atoms with van der Waals surface area (Å²) in [6.07, 6.45) is 1.58. The van der Waals surface area contributed by atoms with Gasteiger partial charge in [-0.2, -0.15) is 0 Å². The van der Waals surface area contributed by atoms with Gasteiger partial charge in [-0.1, -0.05) is 78.9 Å². The van der Waals surface area contributed by atoms with Crippen LogP contribution in [0, 0.1) is 0 Å². The molecular weight excluding hydrogens is 408 g/mol. The number of carbonyl (C=O) groups excluding carboxylic acids is 1. The summed E-state index contributed by atoms with van der Waals surface area (Å²) in [5, 5.41) is 3.62. The number of nitrogens with one attached hydrogen (secondary N) is 1. The van der Waals surface area contributed by atoms with E-state index in [9.17, 15) is 13.2 Å². The largest absolute Gasteiger partial charge is 0.348 e. The molecular formula is C25H24N2O3S. The normalized spacial score (nSPS) is 12.5. The van der Waals surface area contributed by atoms with Crippen molar-refractivity contribution < 1.29 is 13.2 Å². The van der Waals surface area contributed by atoms with Gasteiger partial charge in [0.1, 0.15) is 6.54 Å². The molecule has 1 heterocycles. The Kier molecular flexibility index (Phi) is 5.91. The molecule has 0 radical (unpaired) electrons. The maximum absolute atomic E-state index is 13.2. The highest BCUT2D eigenvalue weighted by Gasteiger charge is 2.22. The van der Waals surface area contributed by atoms with Crippen LogP contribution in [0.2, 0.25) is 0 Å². The predicted octanol–water partition coefficient (Wildman–Crippen LogP) is 4.49. The number of carbonyl (C=O) groups is 1. The summed E-state index contributed by atoms with van der Waals surface area (Å²) in [5.74, 6) is -0.261. The van der Waals surface area contributed by atoms with Crippen molar-refractivity contribution in [1.29, 1.82) is 0 Å². The first-order valence-electron chi connectivity index (χ1n) is 10.1. The summed E-state index contributed by atoms with van der Waals surface area (Å²) in [6.45, 7) is 1.97. The lowest BCUT2D eigenvalue weighted by Gasteiger charge is -2.15. The summed E-state index contributed by atoms with van der Waals surface area (Å²) < 4.78 is 28.0. The number of hydrogen-bond acceptors (Lipinski definition) is 3. The van der Waals surface area contributed by atoms with Crippen molar-refractivity contribution in [2.75, 3.05) is 0 Å². The van der Waals surface area contributed by atoms with Crippen LogP contribution in [-0.4, -0.2) is 18.9 Å². The van der Waals surface area contributed by atoms with E-state index in [1.54, 1.807) is 29.0 Å². The average Bonchev–Trinajstić information content (AvgIpc) is 3.14. The second-order valence-corrected chi connectivity index (χ2v) is 9.54. The van der Waals surface area contributed by atoms with Crippen LogP contribution >= 0.6 is 0 Å². The minimum atomic E-state index is -3.57. The van der Waals surface area contributed by atoms with Crippen molar-refractivity contribution in [1.82, 2.24) is 9.88 Å². The van der Waals surface area contributed by atoms with Gasteiger partial charge in [-0.3, -0.25) is 4.79 Å². The van der Waals surface area contributed by atoms with E-state index >= 15 is 0 Å². The molecule has 158 valence electrons. The fourth-order valence-electron chi connectivity index (χ4n) is 3.73. The highest BCUT2D eigenvalue weighted by atomic mass is 32.2. The van der Waals surface area contributed by atoms with Crippen molar-refractivity contribution in [3.05, 3.63) is 102 Å². The number of amides is 1. The number of benzene rings is 3. The SMILES string of the molecule is CC(NC(=O)Cn1cc(S(=O)(=O)Cc2ccccc2)c2ccccc21)c1ccccc1. The molecule has 1 amide bonds. The number of rotatable bonds is 7. The first kappa shape index (κ1) is 20.9. The minimum absolute atomic E-state index is 0.0402. The molecule has 0 bridgehead atoms. The Labute approximate surface area is 182 Å². The van der Waals surface area contributed by atoms with E-state index in [0.717, 1.165) is 16.6 Å². The summed E-state index contributed by atoms with van der Waals surface area (Å²) in [7, 11) is -3.57. The van der Waals surface area contributed by atoms with Crippen LogP contribution in [0.25, 0.3) is 10.9 Å². The van der Waals surface area contributed by atoms with Crippen LogP contribution < -0.4 is 5.32 Å². The number of sulfone groups is 1. The zero-order chi connectivity index (χ0) is 21.8. The zero-order valence-electron chi connectivity index (χ0n) is 17.2. The van der Waals surface area contributed by atoms with Gasteiger partial charge in [0, 0.05) is 17.1 Å². The average molecular weight is 433 g/mol. The molecule has 4 aromatic rings. The Morgan fingerprint density at radius 2 is 1.52 bits per heavy atom. The zero-order valence-corrected chi connectivity index (χ0v) is 18.0. The quantitative estimate of drug-likeness (QED) is 0.468. The Morgan fingerprint density at radius 1 is 0.903 bits per heavy atom. The van der Waals surface area contributed by atoms with E-state index in [1.165, 1.54) is 0 Å². The highest BCUT2D eigenvalue weighted by Crippen LogP contribution is 2.28. The first-order valence-corrected chi connectivity index (χ1v) is 11.8. The molecule has 1 N–H and O–H groups in total. The summed E-state index contributed by atoms with van der Waals surface area (Å²) >= 11 is 0. The van der Waals surface area contributed by atoms with Gasteiger partial charge in [0.25, 0.3) is 0 Å². The van der Waals surface area contributed by atoms with Gasteiger partial charge in [-0.15, -0.1) is 0 Å². The predicted molar refractivity (Wildman–Crippen MR) is 122 cm³/mol. The smallest absolute Gasteiger partial charge is 0.240 e. The molecule has 1 aromatic heterocycles. The van der Waals surface area contributed by atoms with Gasteiger partial charge in [0.05, 0.1) is 16.7 Å². The molecule has 6 heteroatoms. The minimum Gasteiger partial charge on any atom is -0.348 e. The van der Waals surface area contributed by atoms with Gasteiger partial charge < -0.3 is 9.88 Å². The van der Waals surface area contributed by atoms with Crippen LogP contribution in [-0.2, 0) is 26.9 Å². The third kappa shape index (κ3) is 4.70. The van der Waals surface area contributed by atoms with Crippen LogP contribution in [0.1, 0.15) is 24.1 Å². The molecule has 0 saturated heterocycles. The van der Waals surface area contributed by atoms with Crippen molar-refractivity contribution in [3.63, 3.8) is 0 Å². The van der Waals surface area contributed by atoms with Crippen molar-refractivity contribution in [3.8, 4) is 0 Å². The van der Waals surface area contributed by atoms with E-state index < -0.39 is 9.84 Å². The molecule has 1 atom stereocenters. The third-order valence-electron chi connectivity index (χ3n) is 5.28. The molecule has 0 aliphatic heterocycles. The lowest BCUT2D eigenvalue weighted by atomic mass is 10.1. The lowest BCUT2D eigenvalue weighted by Crippen LogP contribution is -2.29. The van der Waals surface area contributed by atoms with E-state index in [1.807, 2.05) is 73.7 Å². The van der Waals surface area contributed by atoms with Crippen LogP contribution in [0.3, 0.4) is 0 Å². The summed E-state index contributed by atoms with van der Waals surface area (Å²) in [5.41, 5.74) is 2.46. The molecule has 0 aliphatic carbocycles. The fraction of sp³-hybridized carbons (Fsp3) is 0.160. The number of para-hydroxylation sites is 1. The summed E-state index contributed by atoms with van der Waals surface area (Å²) in [4.78, 5) is 13.0.